The second-order valence-electron chi connectivity index (χ2n) is 9.20. The highest BCUT2D eigenvalue weighted by Crippen LogP contribution is 2.23. The molecule has 35 heavy (non-hydrogen) atoms. The van der Waals surface area contributed by atoms with E-state index in [0.717, 1.165) is 61.8 Å². The van der Waals surface area contributed by atoms with Gasteiger partial charge in [0.1, 0.15) is 5.82 Å². The van der Waals surface area contributed by atoms with Crippen molar-refractivity contribution < 1.29 is 4.79 Å². The molecule has 5 aliphatic heterocycles. The molecule has 3 aromatic rings. The van der Waals surface area contributed by atoms with Gasteiger partial charge in [-0.3, -0.25) is 14.6 Å². The number of rotatable bonds is 0. The summed E-state index contributed by atoms with van der Waals surface area (Å²) in [5.74, 6) is 1.54. The average Bonchev–Trinajstić information content (AvgIpc) is 2.88. The smallest absolute Gasteiger partial charge is 0.236 e. The van der Waals surface area contributed by atoms with Crippen LogP contribution >= 0.6 is 0 Å². The zero-order valence-electron chi connectivity index (χ0n) is 20.2. The predicted molar refractivity (Wildman–Crippen MR) is 137 cm³/mol. The van der Waals surface area contributed by atoms with Crippen molar-refractivity contribution in [1.82, 2.24) is 29.7 Å². The van der Waals surface area contributed by atoms with Crippen molar-refractivity contribution in [3.05, 3.63) is 60.6 Å². The Balaban J connectivity index is 1.36. The number of hydrogen-bond donors (Lipinski definition) is 2. The fourth-order valence-electron chi connectivity index (χ4n) is 4.46. The zero-order chi connectivity index (χ0) is 24.0. The fourth-order valence-corrected chi connectivity index (χ4v) is 4.46. The first kappa shape index (κ1) is 23.2. The van der Waals surface area contributed by atoms with Gasteiger partial charge in [0.05, 0.1) is 6.54 Å². The minimum Gasteiger partial charge on any atom is -0.354 e. The summed E-state index contributed by atoms with van der Waals surface area (Å²) in [6.07, 6.45) is 6.27. The molecule has 1 fully saturated rings. The van der Waals surface area contributed by atoms with Crippen LogP contribution in [0.1, 0.15) is 12.0 Å². The number of aromatic nitrogens is 3. The number of likely N-dealkylation sites (N-methyl/N-ethyl adjacent to an activating group) is 1. The van der Waals surface area contributed by atoms with Gasteiger partial charge in [-0.25, -0.2) is 15.0 Å². The first-order valence-electron chi connectivity index (χ1n) is 12.2. The third kappa shape index (κ3) is 6.12. The Labute approximate surface area is 206 Å². The Hall–Kier alpha value is -3.56. The van der Waals surface area contributed by atoms with Crippen LogP contribution in [0.25, 0.3) is 11.1 Å². The summed E-state index contributed by atoms with van der Waals surface area (Å²) in [5, 5.41) is 6.69. The minimum absolute atomic E-state index is 0.173. The first-order valence-corrected chi connectivity index (χ1v) is 12.2. The number of piperazine rings is 1. The molecule has 182 valence electrons. The molecule has 7 heterocycles. The van der Waals surface area contributed by atoms with Gasteiger partial charge in [0, 0.05) is 82.7 Å². The third-order valence-corrected chi connectivity index (χ3v) is 6.55. The number of nitrogens with zero attached hydrogens (tertiary/aromatic N) is 6. The van der Waals surface area contributed by atoms with E-state index < -0.39 is 0 Å². The van der Waals surface area contributed by atoms with Gasteiger partial charge >= 0.3 is 0 Å². The van der Waals surface area contributed by atoms with Crippen molar-refractivity contribution in [1.29, 1.82) is 0 Å². The van der Waals surface area contributed by atoms with Crippen LogP contribution < -0.4 is 10.6 Å². The number of benzene rings is 1. The van der Waals surface area contributed by atoms with E-state index in [0.29, 0.717) is 25.6 Å². The molecular weight excluding hydrogens is 440 g/mol. The molecule has 0 aliphatic carbocycles. The summed E-state index contributed by atoms with van der Waals surface area (Å²) in [6.45, 7) is 6.50. The van der Waals surface area contributed by atoms with Gasteiger partial charge in [-0.2, -0.15) is 0 Å². The van der Waals surface area contributed by atoms with Crippen LogP contribution in [0.4, 0.5) is 17.5 Å². The van der Waals surface area contributed by atoms with E-state index in [-0.39, 0.29) is 5.91 Å². The maximum Gasteiger partial charge on any atom is 0.236 e. The fraction of sp³-hybridized carbons (Fsp3) is 0.385. The number of anilines is 3. The number of carbonyl (C=O) groups excluding carboxylic acids is 1. The number of hydrogen-bond acceptors (Lipinski definition) is 8. The normalized spacial score (nSPS) is 21.3. The van der Waals surface area contributed by atoms with Gasteiger partial charge in [-0.05, 0) is 41.8 Å². The second-order valence-corrected chi connectivity index (χ2v) is 9.20. The molecule has 1 aromatic carbocycles. The van der Waals surface area contributed by atoms with Crippen LogP contribution in [0.3, 0.4) is 0 Å². The average molecular weight is 473 g/mol. The highest BCUT2D eigenvalue weighted by atomic mass is 16.2. The quantitative estimate of drug-likeness (QED) is 0.516. The predicted octanol–water partition coefficient (Wildman–Crippen LogP) is 2.67. The third-order valence-electron chi connectivity index (χ3n) is 6.55. The molecule has 8 rings (SSSR count). The molecule has 2 N–H and O–H groups in total. The van der Waals surface area contributed by atoms with Crippen molar-refractivity contribution in [3.63, 3.8) is 0 Å². The van der Waals surface area contributed by atoms with Crippen molar-refractivity contribution in [2.75, 3.05) is 63.5 Å². The van der Waals surface area contributed by atoms with Gasteiger partial charge in [0.15, 0.2) is 0 Å². The van der Waals surface area contributed by atoms with E-state index in [1.165, 1.54) is 5.56 Å². The molecule has 0 radical (unpaired) electrons. The summed E-state index contributed by atoms with van der Waals surface area (Å²) in [4.78, 5) is 32.6. The molecule has 5 aliphatic rings. The number of carbonyl (C=O) groups is 1. The molecule has 0 spiro atoms. The molecule has 2 aromatic heterocycles. The number of amides is 1. The van der Waals surface area contributed by atoms with E-state index in [1.807, 2.05) is 36.5 Å². The first-order chi connectivity index (χ1) is 17.1. The number of nitrogens with one attached hydrogen (secondary N) is 2. The van der Waals surface area contributed by atoms with Crippen LogP contribution in [0.15, 0.2) is 55.0 Å². The summed E-state index contributed by atoms with van der Waals surface area (Å²) < 4.78 is 0. The van der Waals surface area contributed by atoms with Gasteiger partial charge in [0.25, 0.3) is 0 Å². The largest absolute Gasteiger partial charge is 0.354 e. The van der Waals surface area contributed by atoms with Gasteiger partial charge in [-0.15, -0.1) is 0 Å². The van der Waals surface area contributed by atoms with Gasteiger partial charge in [-0.1, -0.05) is 12.1 Å². The van der Waals surface area contributed by atoms with Gasteiger partial charge < -0.3 is 15.5 Å². The Morgan fingerprint density at radius 2 is 1.63 bits per heavy atom. The minimum atomic E-state index is 0.173. The van der Waals surface area contributed by atoms with Gasteiger partial charge in [0.2, 0.25) is 11.9 Å². The van der Waals surface area contributed by atoms with Crippen LogP contribution in [0.2, 0.25) is 0 Å². The lowest BCUT2D eigenvalue weighted by atomic mass is 10.1. The summed E-state index contributed by atoms with van der Waals surface area (Å²) in [5.41, 5.74) is 4.19. The Kier molecular flexibility index (Phi) is 7.15. The van der Waals surface area contributed by atoms with Crippen LogP contribution in [0, 0.1) is 0 Å². The molecule has 8 bridgehead atoms. The highest BCUT2D eigenvalue weighted by molar-refractivity contribution is 5.78. The maximum atomic E-state index is 12.7. The van der Waals surface area contributed by atoms with Crippen LogP contribution in [-0.4, -0.2) is 88.4 Å². The summed E-state index contributed by atoms with van der Waals surface area (Å²) in [6, 6.07) is 12.4. The monoisotopic (exact) mass is 472 g/mol. The van der Waals surface area contributed by atoms with Crippen LogP contribution in [0.5, 0.6) is 0 Å². The molecule has 0 atom stereocenters. The number of pyridine rings is 1. The van der Waals surface area contributed by atoms with Crippen LogP contribution in [-0.2, 0) is 11.3 Å². The molecule has 1 amide bonds. The van der Waals surface area contributed by atoms with E-state index in [2.05, 4.69) is 59.7 Å². The molecule has 0 saturated carbocycles. The molecular formula is C26H32N8O. The van der Waals surface area contributed by atoms with Crippen molar-refractivity contribution in [3.8, 4) is 11.1 Å². The zero-order valence-corrected chi connectivity index (χ0v) is 20.2. The maximum absolute atomic E-state index is 12.7. The standard InChI is InChI=1S/C26H32N8O/c1-32-9-3-7-28-26-29-16-22(17-30-26)21-6-8-27-24(15-21)31-23-5-2-4-20(14-23)18-33-10-12-34(13-11-33)19-25(32)35/h2,4-6,8,14-17H,3,7,9-13,18-19H2,1H3,(H,27,31)(H,28,29,30). The lowest BCUT2D eigenvalue weighted by Gasteiger charge is -2.35. The van der Waals surface area contributed by atoms with Crippen molar-refractivity contribution >= 4 is 23.4 Å². The Morgan fingerprint density at radius 1 is 0.857 bits per heavy atom. The lowest BCUT2D eigenvalue weighted by molar-refractivity contribution is -0.131. The van der Waals surface area contributed by atoms with E-state index in [9.17, 15) is 4.79 Å². The highest BCUT2D eigenvalue weighted by Gasteiger charge is 2.20. The Morgan fingerprint density at radius 3 is 2.43 bits per heavy atom. The SMILES string of the molecule is CN1CCCNc2ncc(cn2)-c2ccnc(c2)Nc2cccc(c2)CN2CCN(CC2)CC1=O. The second kappa shape index (κ2) is 10.8. The van der Waals surface area contributed by atoms with E-state index in [4.69, 9.17) is 0 Å². The Bertz CT molecular complexity index is 1140. The van der Waals surface area contributed by atoms with Crippen molar-refractivity contribution in [2.45, 2.75) is 13.0 Å². The van der Waals surface area contributed by atoms with E-state index in [1.54, 1.807) is 6.20 Å². The molecule has 1 saturated heterocycles. The topological polar surface area (TPSA) is 89.5 Å². The molecule has 9 nitrogen and oxygen atoms in total. The molecule has 9 heteroatoms. The lowest BCUT2D eigenvalue weighted by Crippen LogP contribution is -2.49. The van der Waals surface area contributed by atoms with Crippen molar-refractivity contribution in [2.24, 2.45) is 0 Å². The van der Waals surface area contributed by atoms with E-state index >= 15 is 0 Å². The molecule has 0 unspecified atom stereocenters. The summed E-state index contributed by atoms with van der Waals surface area (Å²) in [7, 11) is 1.88. The summed E-state index contributed by atoms with van der Waals surface area (Å²) >= 11 is 0.